The Morgan fingerprint density at radius 3 is 0.939 bits per heavy atom. The Morgan fingerprint density at radius 1 is 0.331 bits per heavy atom. The number of rotatable bonds is 48. The number of benzene rings is 8. The van der Waals surface area contributed by atoms with Gasteiger partial charge in [-0.2, -0.15) is 0 Å². The van der Waals surface area contributed by atoms with Gasteiger partial charge in [0.2, 0.25) is 0 Å². The van der Waals surface area contributed by atoms with E-state index in [-0.39, 0.29) is 35.3 Å². The summed E-state index contributed by atoms with van der Waals surface area (Å²) in [5.74, 6) is 4.58. The van der Waals surface area contributed by atoms with Crippen LogP contribution in [0.25, 0.3) is 87.7 Å². The third-order valence-electron chi connectivity index (χ3n) is 24.6. The molecule has 0 saturated heterocycles. The number of aryl methyl sites for hydroxylation is 6. The number of fused-ring (bicyclic) bond motifs is 12. The highest BCUT2D eigenvalue weighted by Gasteiger charge is 2.28. The van der Waals surface area contributed by atoms with Gasteiger partial charge < -0.3 is 89.6 Å². The molecule has 0 aliphatic rings. The summed E-state index contributed by atoms with van der Waals surface area (Å²) in [7, 11) is -9.50. The van der Waals surface area contributed by atoms with E-state index < -0.39 is 15.6 Å². The zero-order valence-electron chi connectivity index (χ0n) is 83.3. The number of aromatic nitrogens is 12. The number of nitrogen functional groups attached to an aromatic ring is 4. The van der Waals surface area contributed by atoms with Gasteiger partial charge in [0.25, 0.3) is 0 Å². The molecule has 0 atom stereocenters. The lowest BCUT2D eigenvalue weighted by Crippen LogP contribution is -2.07. The topological polar surface area (TPSA) is 528 Å². The predicted octanol–water partition coefficient (Wildman–Crippen LogP) is 19.3. The highest BCUT2D eigenvalue weighted by molar-refractivity contribution is 7.78. The predicted molar refractivity (Wildman–Crippen MR) is 594 cm³/mol. The highest BCUT2D eigenvalue weighted by atomic mass is 32.1. The number of anilines is 4. The molecule has 36 nitrogen and oxygen atoms in total. The third kappa shape index (κ3) is 29.6. The molecule has 0 aliphatic heterocycles. The summed E-state index contributed by atoms with van der Waals surface area (Å²) in [5, 5.41) is 54.3. The molecule has 42 heteroatoms. The van der Waals surface area contributed by atoms with Gasteiger partial charge >= 0.3 is 15.6 Å². The van der Waals surface area contributed by atoms with Crippen molar-refractivity contribution in [2.24, 2.45) is 20.0 Å². The molecule has 0 amide bonds. The Bertz CT molecular complexity index is 7740. The van der Waals surface area contributed by atoms with Gasteiger partial charge in [-0.15, -0.1) is 0 Å². The number of phenols is 4. The fourth-order valence-electron chi connectivity index (χ4n) is 17.4. The number of isothiocyanates is 4. The Balaban J connectivity index is 0.000000165. The monoisotopic (exact) mass is 2120 g/mol. The summed E-state index contributed by atoms with van der Waals surface area (Å²) in [4.78, 5) is 90.3. The summed E-state index contributed by atoms with van der Waals surface area (Å²) in [5.41, 5.74) is 43.8. The molecule has 0 radical (unpaired) electrons. The molecule has 0 spiro atoms. The van der Waals surface area contributed by atoms with Crippen LogP contribution < -0.4 is 32.0 Å². The Labute approximate surface area is 877 Å². The summed E-state index contributed by atoms with van der Waals surface area (Å²) >= 11 is 18.2. The van der Waals surface area contributed by atoms with Gasteiger partial charge in [-0.05, 0) is 207 Å². The van der Waals surface area contributed by atoms with E-state index in [9.17, 15) is 49.1 Å². The average Bonchev–Trinajstić information content (AvgIpc) is 1.61. The number of phosphoric ester groups is 2. The van der Waals surface area contributed by atoms with Crippen molar-refractivity contribution in [1.29, 1.82) is 0 Å². The molecule has 16 N–H and O–H groups in total. The fourth-order valence-corrected chi connectivity index (χ4v) is 18.6. The van der Waals surface area contributed by atoms with E-state index >= 15 is 0 Å². The van der Waals surface area contributed by atoms with Crippen LogP contribution >= 0.6 is 64.5 Å². The van der Waals surface area contributed by atoms with E-state index in [1.165, 1.54) is 12.1 Å². The highest BCUT2D eigenvalue weighted by Crippen LogP contribution is 2.45. The van der Waals surface area contributed by atoms with E-state index in [1.807, 2.05) is 66.1 Å². The minimum atomic E-state index is -4.85. The molecular weight excluding hydrogens is 2000 g/mol. The molecule has 16 aromatic rings. The summed E-state index contributed by atoms with van der Waals surface area (Å²) in [6.45, 7) is 20.1. The number of phosphoric acid groups is 2. The fraction of sp³-hybridized carbons (Fsp3) is 0.358. The molecule has 8 aromatic heterocycles. The van der Waals surface area contributed by atoms with Crippen LogP contribution in [-0.4, -0.2) is 198 Å². The number of aromatic hydroxyl groups is 4. The van der Waals surface area contributed by atoms with Gasteiger partial charge in [-0.1, -0.05) is 150 Å². The number of para-hydroxylation sites is 2. The SMILES string of the molecule is CCCCc1nc2c(N)nc3cc(CCOCCN=C=S)ccc3c2n1Cc1ccc(O)c(C)c1.CCCCc1nc2c(N)nc3cc(CCOCCN=C=S)ccc3c2n1Cc1ccc(OP(=O)(O)O)c(C)c1.CCCCc1nc2c(N)nc3cc(CCOCCN=C=S)ccc3c2n1Cc1cccc(O)c1O.CCCCc1nc2c(N)nc3cc(CCOCCN=C=S)ccc3c2n1Cc1cccc(OP(=O)(O)O)c1O. The molecule has 0 unspecified atom stereocenters. The number of thiocarbonyl (C=S) groups is 4. The lowest BCUT2D eigenvalue weighted by atomic mass is 10.1. The van der Waals surface area contributed by atoms with Gasteiger partial charge in [0.05, 0.1) is 157 Å². The molecule has 776 valence electrons. The van der Waals surface area contributed by atoms with Crippen LogP contribution in [0, 0.1) is 13.8 Å². The number of ether oxygens (including phenoxy) is 4. The summed E-state index contributed by atoms with van der Waals surface area (Å²) in [6.07, 6.45) is 14.0. The second-order valence-electron chi connectivity index (χ2n) is 35.3. The van der Waals surface area contributed by atoms with Crippen LogP contribution in [0.4, 0.5) is 23.3 Å². The standard InChI is InChI=1S/C27H32N5O5PS.C27H31N5O2S.C26H30N5O6PS.C26H29N5O3S/c1-3-4-5-24-31-25-26(32(24)16-20-7-9-23(18(2)14-20)37-38(33,34)35)21-8-6-19(15-22(21)30-27(25)28)10-12-36-13-11-29-17-39;1-3-4-5-24-31-25-26(32(24)16-20-7-9-23(33)18(2)14-20)21-8-6-19(15-22(21)30-27(25)28)10-12-34-13-11-29-17-35;1-2-3-7-22-30-23-24(31(22)15-18-5-4-6-21(25(18)32)37-38(33,34)35)19-9-8-17(14-20(19)29-26(23)27)10-12-36-13-11-28-16-39;1-2-3-7-22-30-23-24(31(22)15-18-5-4-6-21(32)25(18)33)19-9-8-17(14-20(19)29-26(23)27)10-12-34-13-11-28-16-35/h6-9,14-15H,3-5,10-13,16H2,1-2H3,(H2,28,30)(H2,33,34,35);6-9,14-15,33H,3-5,10-13,16H2,1-2H3,(H2,28,30);4-6,8-9,14,32H,2-3,7,10-13,15H2,1H3,(H2,27,29)(H2,33,34,35);4-6,8-9,14,32-33H,2-3,7,10-13,15H2,1H3,(H2,27,29). The number of nitrogens with two attached hydrogens (primary N) is 4. The number of aliphatic imine (C=N–C) groups is 4. The molecule has 0 saturated carbocycles. The molecular formula is C106H122N20O16P2S4. The smallest absolute Gasteiger partial charge is 0.508 e. The quantitative estimate of drug-likeness (QED) is 0.00554. The molecule has 16 rings (SSSR count). The minimum absolute atomic E-state index is 0.124. The number of pyridine rings is 4. The van der Waals surface area contributed by atoms with Crippen molar-refractivity contribution in [2.45, 2.75) is 170 Å². The van der Waals surface area contributed by atoms with Gasteiger partial charge in [-0.25, -0.2) is 69.0 Å². The van der Waals surface area contributed by atoms with Crippen LogP contribution in [0.5, 0.6) is 34.5 Å². The van der Waals surface area contributed by atoms with Crippen LogP contribution in [0.2, 0.25) is 0 Å². The van der Waals surface area contributed by atoms with E-state index in [0.717, 1.165) is 218 Å². The summed E-state index contributed by atoms with van der Waals surface area (Å²) < 4.78 is 63.1. The third-order valence-corrected chi connectivity index (χ3v) is 26.0. The number of imidazole rings is 4. The first kappa shape index (κ1) is 112. The van der Waals surface area contributed by atoms with E-state index in [0.29, 0.717) is 179 Å². The number of hydrogen-bond acceptors (Lipinski definition) is 32. The molecule has 8 heterocycles. The maximum absolute atomic E-state index is 11.4. The van der Waals surface area contributed by atoms with Crippen molar-refractivity contribution in [3.8, 4) is 34.5 Å². The first-order chi connectivity index (χ1) is 71.4. The number of phenolic OH excluding ortho intramolecular Hbond substituents is 4. The van der Waals surface area contributed by atoms with Crippen molar-refractivity contribution >= 4 is 196 Å². The van der Waals surface area contributed by atoms with Gasteiger partial charge in [0.15, 0.2) is 46.3 Å². The van der Waals surface area contributed by atoms with Crippen molar-refractivity contribution in [3.63, 3.8) is 0 Å². The van der Waals surface area contributed by atoms with Crippen molar-refractivity contribution in [3.05, 3.63) is 225 Å². The molecule has 0 bridgehead atoms. The Hall–Kier alpha value is -13.4. The van der Waals surface area contributed by atoms with Crippen molar-refractivity contribution in [1.82, 2.24) is 58.1 Å². The molecule has 0 fully saturated rings. The van der Waals surface area contributed by atoms with Crippen LogP contribution in [-0.2, 0) is 106 Å². The van der Waals surface area contributed by atoms with Crippen LogP contribution in [0.15, 0.2) is 166 Å². The minimum Gasteiger partial charge on any atom is -0.508 e. The first-order valence-electron chi connectivity index (χ1n) is 48.9. The largest absolute Gasteiger partial charge is 0.524 e. The summed E-state index contributed by atoms with van der Waals surface area (Å²) in [6, 6.07) is 45.1. The van der Waals surface area contributed by atoms with Crippen molar-refractivity contribution in [2.75, 3.05) is 102 Å². The number of nitrogens with zero attached hydrogens (tertiary/aromatic N) is 16. The number of hydrogen-bond donors (Lipinski definition) is 12. The lowest BCUT2D eigenvalue weighted by molar-refractivity contribution is 0.145. The van der Waals surface area contributed by atoms with E-state index in [1.54, 1.807) is 49.4 Å². The number of unbranched alkanes of at least 4 members (excludes halogenated alkanes) is 4. The second-order valence-corrected chi connectivity index (χ2v) is 38.4. The van der Waals surface area contributed by atoms with Crippen LogP contribution in [0.3, 0.4) is 0 Å². The molecule has 148 heavy (non-hydrogen) atoms. The molecule has 0 aliphatic carbocycles. The maximum Gasteiger partial charge on any atom is 0.524 e. The zero-order chi connectivity index (χ0) is 106. The van der Waals surface area contributed by atoms with Gasteiger partial charge in [-0.3, -0.25) is 19.6 Å². The van der Waals surface area contributed by atoms with E-state index in [4.69, 9.17) is 71.3 Å². The Kier molecular flexibility index (Phi) is 40.8. The second kappa shape index (κ2) is 54.0. The normalized spacial score (nSPS) is 11.5. The van der Waals surface area contributed by atoms with Crippen LogP contribution in [0.1, 0.15) is 158 Å². The first-order valence-corrected chi connectivity index (χ1v) is 53.6. The lowest BCUT2D eigenvalue weighted by Gasteiger charge is -2.15. The van der Waals surface area contributed by atoms with E-state index in [2.05, 4.69) is 187 Å². The average molecular weight is 2120 g/mol. The molecule has 8 aromatic carbocycles. The zero-order valence-corrected chi connectivity index (χ0v) is 88.4. The van der Waals surface area contributed by atoms with Crippen molar-refractivity contribution < 1.29 is 77.1 Å². The Morgan fingerprint density at radius 2 is 0.628 bits per heavy atom. The maximum atomic E-state index is 11.4. The van der Waals surface area contributed by atoms with Gasteiger partial charge in [0.1, 0.15) is 56.9 Å². The van der Waals surface area contributed by atoms with Gasteiger partial charge in [0, 0.05) is 71.4 Å².